The second-order valence-corrected chi connectivity index (χ2v) is 7.76. The van der Waals surface area contributed by atoms with Crippen LogP contribution in [0.3, 0.4) is 0 Å². The highest BCUT2D eigenvalue weighted by atomic mass is 16.2. The number of likely N-dealkylation sites (tertiary alicyclic amines) is 1. The van der Waals surface area contributed by atoms with Gasteiger partial charge >= 0.3 is 6.03 Å². The molecule has 136 valence electrons. The lowest BCUT2D eigenvalue weighted by Crippen LogP contribution is -2.46. The number of piperidine rings is 1. The summed E-state index contributed by atoms with van der Waals surface area (Å²) in [6.07, 6.45) is 2.23. The molecule has 2 aliphatic rings. The maximum absolute atomic E-state index is 13.2. The van der Waals surface area contributed by atoms with Crippen molar-refractivity contribution in [1.29, 1.82) is 0 Å². The molecule has 2 aromatic rings. The molecular formula is C21H25N3O2. The number of nitrogens with zero attached hydrogens (tertiary/aromatic N) is 2. The summed E-state index contributed by atoms with van der Waals surface area (Å²) in [4.78, 5) is 29.4. The van der Waals surface area contributed by atoms with Crippen LogP contribution in [0, 0.1) is 5.92 Å². The molecule has 0 radical (unpaired) electrons. The van der Waals surface area contributed by atoms with Crippen LogP contribution in [0.4, 0.5) is 4.79 Å². The molecule has 0 aromatic heterocycles. The van der Waals surface area contributed by atoms with Crippen LogP contribution in [-0.4, -0.2) is 41.5 Å². The fourth-order valence-electron chi connectivity index (χ4n) is 4.07. The minimum Gasteiger partial charge on any atom is -0.319 e. The minimum absolute atomic E-state index is 0.169. The Bertz CT molecular complexity index is 852. The van der Waals surface area contributed by atoms with Gasteiger partial charge in [0.25, 0.3) is 5.91 Å². The Kier molecular flexibility index (Phi) is 4.19. The molecule has 2 heterocycles. The largest absolute Gasteiger partial charge is 0.326 e. The van der Waals surface area contributed by atoms with Crippen LogP contribution in [0.15, 0.2) is 42.5 Å². The number of carbonyl (C=O) groups is 2. The molecular weight excluding hydrogens is 326 g/mol. The third-order valence-electron chi connectivity index (χ3n) is 5.82. The number of fused-ring (bicyclic) bond motifs is 1. The normalized spacial score (nSPS) is 25.1. The first-order valence-corrected chi connectivity index (χ1v) is 9.34. The van der Waals surface area contributed by atoms with Crippen molar-refractivity contribution in [2.24, 2.45) is 5.92 Å². The molecule has 4 rings (SSSR count). The molecule has 3 amide bonds. The number of imide groups is 1. The predicted molar refractivity (Wildman–Crippen MR) is 102 cm³/mol. The van der Waals surface area contributed by atoms with Gasteiger partial charge in [-0.25, -0.2) is 9.69 Å². The summed E-state index contributed by atoms with van der Waals surface area (Å²) in [5.41, 5.74) is -0.176. The Morgan fingerprint density at radius 2 is 1.77 bits per heavy atom. The van der Waals surface area contributed by atoms with Crippen molar-refractivity contribution >= 4 is 22.7 Å². The SMILES string of the molecule is CC1CCN(CN2C(=O)N[C@@](C)(c3cccc4ccccc34)C2=O)CC1. The van der Waals surface area contributed by atoms with E-state index in [0.717, 1.165) is 48.2 Å². The summed E-state index contributed by atoms with van der Waals surface area (Å²) in [5.74, 6) is 0.549. The first-order chi connectivity index (χ1) is 12.5. The van der Waals surface area contributed by atoms with Crippen LogP contribution in [0.1, 0.15) is 32.3 Å². The topological polar surface area (TPSA) is 52.6 Å². The van der Waals surface area contributed by atoms with E-state index in [9.17, 15) is 9.59 Å². The maximum atomic E-state index is 13.2. The summed E-state index contributed by atoms with van der Waals surface area (Å²) in [6, 6.07) is 13.6. The standard InChI is InChI=1S/C21H25N3O2/c1-15-10-12-23(13-11-15)14-24-19(25)21(2,22-20(24)26)18-9-5-7-16-6-3-4-8-17(16)18/h3-9,15H,10-14H2,1-2H3,(H,22,26)/t21-/m0/s1. The van der Waals surface area contributed by atoms with Gasteiger partial charge in [0.2, 0.25) is 0 Å². The predicted octanol–water partition coefficient (Wildman–Crippen LogP) is 3.30. The number of nitrogens with one attached hydrogen (secondary N) is 1. The molecule has 0 saturated carbocycles. The zero-order chi connectivity index (χ0) is 18.3. The Hall–Kier alpha value is -2.40. The number of carbonyl (C=O) groups excluding carboxylic acids is 2. The highest BCUT2D eigenvalue weighted by Crippen LogP contribution is 2.34. The Balaban J connectivity index is 1.63. The molecule has 0 bridgehead atoms. The number of rotatable bonds is 3. The summed E-state index contributed by atoms with van der Waals surface area (Å²) in [5, 5.41) is 5.01. The van der Waals surface area contributed by atoms with Gasteiger partial charge in [0.1, 0.15) is 5.54 Å². The monoisotopic (exact) mass is 351 g/mol. The molecule has 0 unspecified atom stereocenters. The lowest BCUT2D eigenvalue weighted by Gasteiger charge is -2.32. The number of hydrogen-bond acceptors (Lipinski definition) is 3. The number of benzene rings is 2. The van der Waals surface area contributed by atoms with Gasteiger partial charge < -0.3 is 5.32 Å². The molecule has 2 fully saturated rings. The first kappa shape index (κ1) is 17.0. The summed E-state index contributed by atoms with van der Waals surface area (Å²) in [7, 11) is 0. The smallest absolute Gasteiger partial charge is 0.319 e. The van der Waals surface area contributed by atoms with Crippen molar-refractivity contribution in [1.82, 2.24) is 15.1 Å². The number of amides is 3. The first-order valence-electron chi connectivity index (χ1n) is 9.34. The van der Waals surface area contributed by atoms with Gasteiger partial charge in [0, 0.05) is 13.1 Å². The average Bonchev–Trinajstić information content (AvgIpc) is 2.87. The van der Waals surface area contributed by atoms with Crippen LogP contribution in [0.25, 0.3) is 10.8 Å². The van der Waals surface area contributed by atoms with Crippen LogP contribution in [-0.2, 0) is 10.3 Å². The third-order valence-corrected chi connectivity index (χ3v) is 5.82. The average molecular weight is 351 g/mol. The van der Waals surface area contributed by atoms with Crippen molar-refractivity contribution in [2.45, 2.75) is 32.2 Å². The van der Waals surface area contributed by atoms with E-state index < -0.39 is 5.54 Å². The highest BCUT2D eigenvalue weighted by molar-refractivity contribution is 6.09. The summed E-state index contributed by atoms with van der Waals surface area (Å²) < 4.78 is 0. The van der Waals surface area contributed by atoms with E-state index in [-0.39, 0.29) is 11.9 Å². The van der Waals surface area contributed by atoms with Gasteiger partial charge in [-0.3, -0.25) is 9.69 Å². The highest BCUT2D eigenvalue weighted by Gasteiger charge is 2.50. The van der Waals surface area contributed by atoms with Crippen molar-refractivity contribution in [2.75, 3.05) is 19.8 Å². The van der Waals surface area contributed by atoms with E-state index in [1.54, 1.807) is 0 Å². The third kappa shape index (κ3) is 2.76. The Labute approximate surface area is 154 Å². The van der Waals surface area contributed by atoms with Crippen LogP contribution < -0.4 is 5.32 Å². The van der Waals surface area contributed by atoms with Gasteiger partial charge in [-0.05, 0) is 42.0 Å². The molecule has 0 spiro atoms. The molecule has 26 heavy (non-hydrogen) atoms. The molecule has 1 N–H and O–H groups in total. The summed E-state index contributed by atoms with van der Waals surface area (Å²) >= 11 is 0. The van der Waals surface area contributed by atoms with Crippen molar-refractivity contribution in [3.8, 4) is 0 Å². The molecule has 1 atom stereocenters. The van der Waals surface area contributed by atoms with E-state index >= 15 is 0 Å². The zero-order valence-corrected chi connectivity index (χ0v) is 15.4. The molecule has 2 saturated heterocycles. The fourth-order valence-corrected chi connectivity index (χ4v) is 4.07. The fraction of sp³-hybridized carbons (Fsp3) is 0.429. The Morgan fingerprint density at radius 3 is 2.54 bits per heavy atom. The van der Waals surface area contributed by atoms with Crippen molar-refractivity contribution in [3.63, 3.8) is 0 Å². The van der Waals surface area contributed by atoms with E-state index in [1.807, 2.05) is 49.4 Å². The van der Waals surface area contributed by atoms with Crippen LogP contribution in [0.2, 0.25) is 0 Å². The van der Waals surface area contributed by atoms with Crippen molar-refractivity contribution < 1.29 is 9.59 Å². The molecule has 2 aromatic carbocycles. The van der Waals surface area contributed by atoms with Gasteiger partial charge in [0.15, 0.2) is 0 Å². The van der Waals surface area contributed by atoms with Crippen molar-refractivity contribution in [3.05, 3.63) is 48.0 Å². The van der Waals surface area contributed by atoms with Gasteiger partial charge in [-0.1, -0.05) is 49.4 Å². The number of urea groups is 1. The lowest BCUT2D eigenvalue weighted by atomic mass is 9.88. The molecule has 2 aliphatic heterocycles. The lowest BCUT2D eigenvalue weighted by molar-refractivity contribution is -0.132. The zero-order valence-electron chi connectivity index (χ0n) is 15.4. The van der Waals surface area contributed by atoms with E-state index in [0.29, 0.717) is 6.67 Å². The minimum atomic E-state index is -1.03. The summed E-state index contributed by atoms with van der Waals surface area (Å²) in [6.45, 7) is 6.31. The van der Waals surface area contributed by atoms with Gasteiger partial charge in [-0.15, -0.1) is 0 Å². The van der Waals surface area contributed by atoms with Gasteiger partial charge in [0.05, 0.1) is 6.67 Å². The Morgan fingerprint density at radius 1 is 1.08 bits per heavy atom. The molecule has 5 nitrogen and oxygen atoms in total. The quantitative estimate of drug-likeness (QED) is 0.864. The second-order valence-electron chi connectivity index (χ2n) is 7.76. The molecule has 5 heteroatoms. The van der Waals surface area contributed by atoms with E-state index in [1.165, 1.54) is 4.90 Å². The number of hydrogen-bond donors (Lipinski definition) is 1. The maximum Gasteiger partial charge on any atom is 0.326 e. The second kappa shape index (κ2) is 6.40. The molecule has 0 aliphatic carbocycles. The van der Waals surface area contributed by atoms with E-state index in [4.69, 9.17) is 0 Å². The van der Waals surface area contributed by atoms with E-state index in [2.05, 4.69) is 17.1 Å². The van der Waals surface area contributed by atoms with Gasteiger partial charge in [-0.2, -0.15) is 0 Å². The van der Waals surface area contributed by atoms with Crippen LogP contribution in [0.5, 0.6) is 0 Å². The van der Waals surface area contributed by atoms with Crippen LogP contribution >= 0.6 is 0 Å².